The molecular weight excluding hydrogens is 487 g/mol. The highest BCUT2D eigenvalue weighted by Gasteiger charge is 2.29. The average molecular weight is 521 g/mol. The Morgan fingerprint density at radius 2 is 1.79 bits per heavy atom. The number of likely N-dealkylation sites (N-methyl/N-ethyl adjacent to an activating group) is 1. The van der Waals surface area contributed by atoms with Gasteiger partial charge in [-0.25, -0.2) is 4.39 Å². The molecule has 9 heteroatoms. The fourth-order valence-corrected chi connectivity index (χ4v) is 5.04. The SMILES string of the molecule is CCN(CC(=O)N(Cc1cccn1Cc1ccc(F)cc1)C1CCCCC1)C(=O)c1cccc([N+](=O)[O-])c1. The standard InChI is InChI=1S/C29H33FN4O4/c1-2-31(29(36)23-8-6-11-26(18-23)34(37)38)21-28(35)33(25-9-4-3-5-10-25)20-27-12-7-17-32(27)19-22-13-15-24(30)16-14-22/h6-8,11-18,25H,2-5,9-10,19-21H2,1H3. The minimum atomic E-state index is -0.538. The van der Waals surface area contributed by atoms with Crippen molar-refractivity contribution in [2.45, 2.75) is 58.2 Å². The summed E-state index contributed by atoms with van der Waals surface area (Å²) in [4.78, 5) is 40.9. The molecule has 8 nitrogen and oxygen atoms in total. The van der Waals surface area contributed by atoms with Crippen molar-refractivity contribution in [1.29, 1.82) is 0 Å². The molecule has 0 radical (unpaired) electrons. The van der Waals surface area contributed by atoms with E-state index < -0.39 is 10.8 Å². The Kier molecular flexibility index (Phi) is 8.89. The van der Waals surface area contributed by atoms with Gasteiger partial charge in [0.2, 0.25) is 5.91 Å². The third-order valence-corrected chi connectivity index (χ3v) is 7.16. The molecule has 1 saturated carbocycles. The highest BCUT2D eigenvalue weighted by Crippen LogP contribution is 2.25. The first kappa shape index (κ1) is 27.0. The maximum Gasteiger partial charge on any atom is 0.270 e. The molecule has 0 N–H and O–H groups in total. The quantitative estimate of drug-likeness (QED) is 0.264. The molecule has 200 valence electrons. The Balaban J connectivity index is 1.53. The fraction of sp³-hybridized carbons (Fsp3) is 0.379. The van der Waals surface area contributed by atoms with E-state index in [1.54, 1.807) is 19.1 Å². The second-order valence-electron chi connectivity index (χ2n) is 9.69. The van der Waals surface area contributed by atoms with E-state index in [-0.39, 0.29) is 35.6 Å². The summed E-state index contributed by atoms with van der Waals surface area (Å²) < 4.78 is 15.4. The Hall–Kier alpha value is -4.01. The second kappa shape index (κ2) is 12.5. The van der Waals surface area contributed by atoms with Crippen LogP contribution in [0.1, 0.15) is 60.6 Å². The van der Waals surface area contributed by atoms with Gasteiger partial charge in [-0.1, -0.05) is 37.5 Å². The molecule has 1 heterocycles. The van der Waals surface area contributed by atoms with E-state index in [0.717, 1.165) is 43.4 Å². The predicted molar refractivity (Wildman–Crippen MR) is 142 cm³/mol. The molecule has 2 amide bonds. The van der Waals surface area contributed by atoms with Crippen LogP contribution in [0.5, 0.6) is 0 Å². The first-order chi connectivity index (χ1) is 18.4. The van der Waals surface area contributed by atoms with Crippen LogP contribution < -0.4 is 0 Å². The molecule has 1 aromatic heterocycles. The first-order valence-corrected chi connectivity index (χ1v) is 13.1. The van der Waals surface area contributed by atoms with E-state index >= 15 is 0 Å². The summed E-state index contributed by atoms with van der Waals surface area (Å²) in [7, 11) is 0. The van der Waals surface area contributed by atoms with Crippen molar-refractivity contribution in [2.24, 2.45) is 0 Å². The maximum absolute atomic E-state index is 13.7. The van der Waals surface area contributed by atoms with Crippen molar-refractivity contribution in [1.82, 2.24) is 14.4 Å². The lowest BCUT2D eigenvalue weighted by Crippen LogP contribution is -2.47. The molecule has 0 atom stereocenters. The predicted octanol–water partition coefficient (Wildman–Crippen LogP) is 5.41. The zero-order valence-corrected chi connectivity index (χ0v) is 21.6. The number of amides is 2. The van der Waals surface area contributed by atoms with E-state index in [9.17, 15) is 24.1 Å². The van der Waals surface area contributed by atoms with Crippen molar-refractivity contribution in [3.05, 3.63) is 99.6 Å². The number of carbonyl (C=O) groups excluding carboxylic acids is 2. The third-order valence-electron chi connectivity index (χ3n) is 7.16. The highest BCUT2D eigenvalue weighted by atomic mass is 19.1. The Morgan fingerprint density at radius 1 is 1.05 bits per heavy atom. The number of aromatic nitrogens is 1. The fourth-order valence-electron chi connectivity index (χ4n) is 5.04. The zero-order chi connectivity index (χ0) is 27.1. The number of hydrogen-bond acceptors (Lipinski definition) is 4. The number of non-ortho nitro benzene ring substituents is 1. The molecule has 0 saturated heterocycles. The molecular formula is C29H33FN4O4. The molecule has 0 aliphatic heterocycles. The normalized spacial score (nSPS) is 13.7. The number of hydrogen-bond donors (Lipinski definition) is 0. The van der Waals surface area contributed by atoms with E-state index in [0.29, 0.717) is 19.6 Å². The van der Waals surface area contributed by atoms with Crippen LogP contribution in [0.25, 0.3) is 0 Å². The minimum absolute atomic E-state index is 0.0806. The van der Waals surface area contributed by atoms with Crippen LogP contribution in [0.3, 0.4) is 0 Å². The van der Waals surface area contributed by atoms with E-state index in [1.807, 2.05) is 23.2 Å². The number of halogens is 1. The van der Waals surface area contributed by atoms with Gasteiger partial charge in [0.05, 0.1) is 11.5 Å². The summed E-state index contributed by atoms with van der Waals surface area (Å²) in [6.45, 7) is 2.95. The van der Waals surface area contributed by atoms with Crippen LogP contribution in [0.2, 0.25) is 0 Å². The molecule has 2 aromatic carbocycles. The monoisotopic (exact) mass is 520 g/mol. The Labute approximate surface area is 221 Å². The lowest BCUT2D eigenvalue weighted by atomic mass is 9.94. The topological polar surface area (TPSA) is 88.7 Å². The highest BCUT2D eigenvalue weighted by molar-refractivity contribution is 5.97. The van der Waals surface area contributed by atoms with Gasteiger partial charge in [0.1, 0.15) is 12.4 Å². The lowest BCUT2D eigenvalue weighted by Gasteiger charge is -2.36. The number of benzene rings is 2. The van der Waals surface area contributed by atoms with Gasteiger partial charge < -0.3 is 14.4 Å². The Morgan fingerprint density at radius 3 is 2.47 bits per heavy atom. The van der Waals surface area contributed by atoms with Crippen LogP contribution in [-0.2, 0) is 17.9 Å². The molecule has 3 aromatic rings. The Bertz CT molecular complexity index is 1270. The third kappa shape index (κ3) is 6.65. The van der Waals surface area contributed by atoms with Gasteiger partial charge in [0.15, 0.2) is 0 Å². The summed E-state index contributed by atoms with van der Waals surface area (Å²) in [5, 5.41) is 11.2. The van der Waals surface area contributed by atoms with E-state index in [1.165, 1.54) is 41.3 Å². The van der Waals surface area contributed by atoms with Gasteiger partial charge in [0, 0.05) is 48.7 Å². The van der Waals surface area contributed by atoms with Gasteiger partial charge in [-0.2, -0.15) is 0 Å². The summed E-state index contributed by atoms with van der Waals surface area (Å²) in [6.07, 6.45) is 7.02. The number of rotatable bonds is 10. The van der Waals surface area contributed by atoms with Crippen molar-refractivity contribution >= 4 is 17.5 Å². The number of nitro groups is 1. The first-order valence-electron chi connectivity index (χ1n) is 13.1. The second-order valence-corrected chi connectivity index (χ2v) is 9.69. The van der Waals surface area contributed by atoms with Crippen molar-refractivity contribution < 1.29 is 18.9 Å². The zero-order valence-electron chi connectivity index (χ0n) is 21.6. The smallest absolute Gasteiger partial charge is 0.270 e. The van der Waals surface area contributed by atoms with Crippen LogP contribution in [-0.4, -0.2) is 50.2 Å². The van der Waals surface area contributed by atoms with Gasteiger partial charge in [-0.05, 0) is 55.7 Å². The summed E-state index contributed by atoms with van der Waals surface area (Å²) in [6, 6.07) is 16.0. The molecule has 1 aliphatic rings. The summed E-state index contributed by atoms with van der Waals surface area (Å²) in [5.41, 5.74) is 1.94. The molecule has 1 fully saturated rings. The van der Waals surface area contributed by atoms with Gasteiger partial charge >= 0.3 is 0 Å². The van der Waals surface area contributed by atoms with Crippen molar-refractivity contribution in [3.8, 4) is 0 Å². The number of nitro benzene ring substituents is 1. The molecule has 4 rings (SSSR count). The average Bonchev–Trinajstić information content (AvgIpc) is 3.38. The molecule has 0 unspecified atom stereocenters. The largest absolute Gasteiger partial charge is 0.345 e. The number of nitrogens with zero attached hydrogens (tertiary/aromatic N) is 4. The van der Waals surface area contributed by atoms with E-state index in [2.05, 4.69) is 4.57 Å². The van der Waals surface area contributed by atoms with E-state index in [4.69, 9.17) is 0 Å². The lowest BCUT2D eigenvalue weighted by molar-refractivity contribution is -0.384. The molecule has 38 heavy (non-hydrogen) atoms. The molecule has 1 aliphatic carbocycles. The van der Waals surface area contributed by atoms with Crippen LogP contribution >= 0.6 is 0 Å². The van der Waals surface area contributed by atoms with Gasteiger partial charge in [0.25, 0.3) is 11.6 Å². The van der Waals surface area contributed by atoms with Gasteiger partial charge in [-0.15, -0.1) is 0 Å². The van der Waals surface area contributed by atoms with Crippen molar-refractivity contribution in [2.75, 3.05) is 13.1 Å². The van der Waals surface area contributed by atoms with Crippen LogP contribution in [0.4, 0.5) is 10.1 Å². The maximum atomic E-state index is 13.7. The van der Waals surface area contributed by atoms with Crippen LogP contribution in [0, 0.1) is 15.9 Å². The number of carbonyl (C=O) groups is 2. The summed E-state index contributed by atoms with van der Waals surface area (Å²) in [5.74, 6) is -0.837. The van der Waals surface area contributed by atoms with Crippen molar-refractivity contribution in [3.63, 3.8) is 0 Å². The minimum Gasteiger partial charge on any atom is -0.345 e. The summed E-state index contributed by atoms with van der Waals surface area (Å²) >= 11 is 0. The molecule has 0 spiro atoms. The van der Waals surface area contributed by atoms with Gasteiger partial charge in [-0.3, -0.25) is 19.7 Å². The van der Waals surface area contributed by atoms with Crippen LogP contribution in [0.15, 0.2) is 66.9 Å². The molecule has 0 bridgehead atoms.